The molecular weight excluding hydrogens is 476 g/mol. The number of aryl methyl sites for hydroxylation is 5. The number of thioether (sulfide) groups is 1. The Morgan fingerprint density at radius 3 is 1.53 bits per heavy atom. The first-order valence-corrected chi connectivity index (χ1v) is 15.3. The number of hydrogen-bond donors (Lipinski definition) is 0. The summed E-state index contributed by atoms with van der Waals surface area (Å²) in [5.41, 5.74) is 8.09. The summed E-state index contributed by atoms with van der Waals surface area (Å²) in [6.07, 6.45) is 8.79. The van der Waals surface area contributed by atoms with Crippen molar-refractivity contribution in [2.75, 3.05) is 6.26 Å². The average Bonchev–Trinajstić information content (AvgIpc) is 2.93. The molecule has 38 heavy (non-hydrogen) atoms. The van der Waals surface area contributed by atoms with Crippen molar-refractivity contribution in [2.24, 2.45) is 0 Å². The molecule has 0 aliphatic rings. The molecule has 0 nitrogen and oxygen atoms in total. The Morgan fingerprint density at radius 2 is 1.24 bits per heavy atom. The van der Waals surface area contributed by atoms with Gasteiger partial charge in [0.05, 0.1) is 0 Å². The summed E-state index contributed by atoms with van der Waals surface area (Å²) in [7, 11) is 0. The van der Waals surface area contributed by atoms with Gasteiger partial charge in [-0.1, -0.05) is 129 Å². The molecule has 0 aliphatic heterocycles. The molecule has 0 bridgehead atoms. The van der Waals surface area contributed by atoms with Crippen molar-refractivity contribution < 1.29 is 0 Å². The number of rotatable bonds is 5. The molecule has 0 atom stereocenters. The zero-order valence-corrected chi connectivity index (χ0v) is 27.5. The van der Waals surface area contributed by atoms with Crippen molar-refractivity contribution in [3.63, 3.8) is 0 Å². The van der Waals surface area contributed by atoms with Crippen molar-refractivity contribution >= 4 is 11.8 Å². The van der Waals surface area contributed by atoms with Gasteiger partial charge in [0, 0.05) is 4.90 Å². The fourth-order valence-corrected chi connectivity index (χ4v) is 3.45. The molecule has 3 rings (SSSR count). The van der Waals surface area contributed by atoms with Gasteiger partial charge in [-0.15, -0.1) is 24.9 Å². The summed E-state index contributed by atoms with van der Waals surface area (Å²) in [5, 5.41) is 0. The lowest BCUT2D eigenvalue weighted by atomic mass is 10.2. The Labute approximate surface area is 242 Å². The smallest absolute Gasteiger partial charge is 0.0101 e. The highest BCUT2D eigenvalue weighted by atomic mass is 32.2. The van der Waals surface area contributed by atoms with Crippen LogP contribution in [0.1, 0.15) is 88.6 Å². The Kier molecular flexibility index (Phi) is 30.6. The third kappa shape index (κ3) is 26.6. The molecule has 0 unspecified atom stereocenters. The van der Waals surface area contributed by atoms with Crippen LogP contribution < -0.4 is 0 Å². The summed E-state index contributed by atoms with van der Waals surface area (Å²) < 4.78 is 0. The van der Waals surface area contributed by atoms with Crippen molar-refractivity contribution in [2.45, 2.75) is 99.8 Å². The van der Waals surface area contributed by atoms with Crippen LogP contribution in [0.3, 0.4) is 0 Å². The van der Waals surface area contributed by atoms with Gasteiger partial charge >= 0.3 is 0 Å². The van der Waals surface area contributed by atoms with Crippen LogP contribution in [0.2, 0.25) is 0 Å². The zero-order valence-electron chi connectivity index (χ0n) is 26.7. The third-order valence-electron chi connectivity index (χ3n) is 4.99. The maximum Gasteiger partial charge on any atom is 0.0101 e. The van der Waals surface area contributed by atoms with Crippen LogP contribution in [0.15, 0.2) is 102 Å². The molecule has 1 heteroatoms. The molecule has 0 saturated carbocycles. The minimum absolute atomic E-state index is 1.14. The summed E-state index contributed by atoms with van der Waals surface area (Å²) in [4.78, 5) is 1.39. The second-order valence-corrected chi connectivity index (χ2v) is 9.78. The van der Waals surface area contributed by atoms with Gasteiger partial charge < -0.3 is 0 Å². The second kappa shape index (κ2) is 29.1. The van der Waals surface area contributed by atoms with Gasteiger partial charge in [0.25, 0.3) is 0 Å². The minimum Gasteiger partial charge on any atom is -0.129 e. The van der Waals surface area contributed by atoms with Crippen LogP contribution in [-0.2, 0) is 6.42 Å². The van der Waals surface area contributed by atoms with Crippen molar-refractivity contribution in [1.29, 1.82) is 0 Å². The number of allylic oxidation sites excluding steroid dienone is 2. The van der Waals surface area contributed by atoms with Gasteiger partial charge in [-0.2, -0.15) is 0 Å². The fraction of sp³-hybridized carbons (Fsp3) is 0.405. The Morgan fingerprint density at radius 1 is 0.789 bits per heavy atom. The lowest BCUT2D eigenvalue weighted by Gasteiger charge is -2.01. The quantitative estimate of drug-likeness (QED) is 0.232. The molecule has 212 valence electrons. The Hall–Kier alpha value is -2.51. The van der Waals surface area contributed by atoms with E-state index >= 15 is 0 Å². The molecule has 0 N–H and O–H groups in total. The highest BCUT2D eigenvalue weighted by molar-refractivity contribution is 7.98. The van der Waals surface area contributed by atoms with Gasteiger partial charge in [-0.3, -0.25) is 0 Å². The van der Waals surface area contributed by atoms with E-state index in [2.05, 4.69) is 135 Å². The second-order valence-electron chi connectivity index (χ2n) is 8.94. The monoisotopic (exact) mass is 534 g/mol. The number of hydrogen-bond acceptors (Lipinski definition) is 1. The van der Waals surface area contributed by atoms with E-state index < -0.39 is 0 Å². The maximum absolute atomic E-state index is 3.79. The number of benzene rings is 3. The first-order chi connectivity index (χ1) is 18.1. The largest absolute Gasteiger partial charge is 0.129 e. The van der Waals surface area contributed by atoms with Crippen molar-refractivity contribution in [1.82, 2.24) is 0 Å². The zero-order chi connectivity index (χ0) is 29.8. The molecular formula is C37H58S. The van der Waals surface area contributed by atoms with Crippen LogP contribution in [0.4, 0.5) is 0 Å². The van der Waals surface area contributed by atoms with Crippen LogP contribution in [-0.4, -0.2) is 6.26 Å². The van der Waals surface area contributed by atoms with E-state index in [-0.39, 0.29) is 0 Å². The van der Waals surface area contributed by atoms with Crippen LogP contribution >= 0.6 is 11.8 Å². The van der Waals surface area contributed by atoms with Gasteiger partial charge in [0.1, 0.15) is 0 Å². The first kappa shape index (κ1) is 40.0. The molecule has 0 amide bonds. The Bertz CT molecular complexity index is 900. The molecule has 0 heterocycles. The van der Waals surface area contributed by atoms with E-state index in [0.29, 0.717) is 0 Å². The molecule has 0 saturated heterocycles. The van der Waals surface area contributed by atoms with E-state index in [9.17, 15) is 0 Å². The van der Waals surface area contributed by atoms with Crippen molar-refractivity contribution in [3.05, 3.63) is 125 Å². The highest BCUT2D eigenvalue weighted by Gasteiger charge is 1.94. The van der Waals surface area contributed by atoms with Crippen LogP contribution in [0.25, 0.3) is 0 Å². The topological polar surface area (TPSA) is 0 Å². The predicted molar refractivity (Wildman–Crippen MR) is 181 cm³/mol. The van der Waals surface area contributed by atoms with Crippen LogP contribution in [0.5, 0.6) is 0 Å². The summed E-state index contributed by atoms with van der Waals surface area (Å²) in [6.45, 7) is 27.9. The van der Waals surface area contributed by atoms with Crippen LogP contribution in [0, 0.1) is 27.7 Å². The van der Waals surface area contributed by atoms with E-state index in [0.717, 1.165) is 6.42 Å². The van der Waals surface area contributed by atoms with E-state index in [4.69, 9.17) is 0 Å². The average molecular weight is 535 g/mol. The first-order valence-electron chi connectivity index (χ1n) is 14.0. The molecule has 0 spiro atoms. The third-order valence-corrected chi connectivity index (χ3v) is 5.87. The maximum atomic E-state index is 3.79. The van der Waals surface area contributed by atoms with Gasteiger partial charge in [-0.05, 0) is 84.3 Å². The normalized spacial score (nSPS) is 8.61. The van der Waals surface area contributed by atoms with Crippen molar-refractivity contribution in [3.8, 4) is 0 Å². The molecule has 3 aromatic carbocycles. The highest BCUT2D eigenvalue weighted by Crippen LogP contribution is 2.20. The predicted octanol–water partition coefficient (Wildman–Crippen LogP) is 12.5. The molecule has 0 radical (unpaired) electrons. The lowest BCUT2D eigenvalue weighted by molar-refractivity contribution is 0.789. The summed E-state index contributed by atoms with van der Waals surface area (Å²) >= 11 is 1.81. The summed E-state index contributed by atoms with van der Waals surface area (Å²) in [6, 6.07) is 25.5. The molecule has 0 aliphatic carbocycles. The fourth-order valence-electron chi connectivity index (χ4n) is 2.76. The lowest BCUT2D eigenvalue weighted by Crippen LogP contribution is -1.79. The van der Waals surface area contributed by atoms with E-state index in [1.165, 1.54) is 57.5 Å². The van der Waals surface area contributed by atoms with Gasteiger partial charge in [0.15, 0.2) is 0 Å². The van der Waals surface area contributed by atoms with E-state index in [1.807, 2.05) is 38.6 Å². The number of unbranched alkanes of at least 4 members (excludes halogenated alkanes) is 1. The van der Waals surface area contributed by atoms with Gasteiger partial charge in [-0.25, -0.2) is 0 Å². The summed E-state index contributed by atoms with van der Waals surface area (Å²) in [5.74, 6) is 0. The molecule has 0 aromatic heterocycles. The standard InChI is InChI=1S/C9H12S.2C8H10.C7H14.C3H6.C2H6/c1-7-4-5-8(2)9(6-7)10-3;1-7-3-5-8(2)6-4-7;1-2-8-6-4-3-5-7-8;1-4-5-6-7(2)3;1-3-2;1-2/h4-6H,1-3H3;3-6H,1-2H3;3-7H,2H2,1H3;2,4-6H2,1,3H3;3H,1H2,2H3;1-2H3. The SMILES string of the molecule is C=C(C)CCCC.C=CC.CC.CCc1ccccc1.CSc1cc(C)ccc1C.Cc1ccc(C)cc1. The van der Waals surface area contributed by atoms with E-state index in [1.54, 1.807) is 6.08 Å². The Balaban J connectivity index is -0.000000409. The van der Waals surface area contributed by atoms with Gasteiger partial charge in [0.2, 0.25) is 0 Å². The molecule has 0 fully saturated rings. The molecule has 3 aromatic rings. The minimum atomic E-state index is 1.14.